The smallest absolute Gasteiger partial charge is 0.325 e. The van der Waals surface area contributed by atoms with Gasteiger partial charge in [-0.3, -0.25) is 9.59 Å². The average molecular weight is 214 g/mol. The molecular formula is C10H18N2O3. The molecule has 0 aliphatic carbocycles. The van der Waals surface area contributed by atoms with Crippen molar-refractivity contribution in [3.63, 3.8) is 0 Å². The molecule has 1 rings (SSSR count). The van der Waals surface area contributed by atoms with E-state index in [1.165, 1.54) is 6.92 Å². The second kappa shape index (κ2) is 5.70. The highest BCUT2D eigenvalue weighted by Gasteiger charge is 2.19. The van der Waals surface area contributed by atoms with Crippen LogP contribution in [0.25, 0.3) is 0 Å². The van der Waals surface area contributed by atoms with Crippen molar-refractivity contribution in [1.82, 2.24) is 10.6 Å². The Labute approximate surface area is 89.2 Å². The van der Waals surface area contributed by atoms with Crippen molar-refractivity contribution in [3.05, 3.63) is 0 Å². The van der Waals surface area contributed by atoms with E-state index in [-0.39, 0.29) is 5.91 Å². The fraction of sp³-hybridized carbons (Fsp3) is 0.800. The lowest BCUT2D eigenvalue weighted by atomic mass is 9.96. The fourth-order valence-corrected chi connectivity index (χ4v) is 1.72. The quantitative estimate of drug-likeness (QED) is 0.614. The Balaban J connectivity index is 2.25. The van der Waals surface area contributed by atoms with Gasteiger partial charge in [0.25, 0.3) is 0 Å². The molecule has 0 radical (unpaired) electrons. The molecule has 1 aliphatic rings. The standard InChI is InChI=1S/C10H18N2O3/c1-7(10(14)15)12-9(13)5-8-3-2-4-11-6-8/h7-8,11H,2-6H2,1H3,(H,12,13)(H,14,15)/t7-,8?/m1/s1. The highest BCUT2D eigenvalue weighted by atomic mass is 16.4. The van der Waals surface area contributed by atoms with Gasteiger partial charge in [-0.05, 0) is 38.8 Å². The van der Waals surface area contributed by atoms with Gasteiger partial charge in [0.2, 0.25) is 5.91 Å². The summed E-state index contributed by atoms with van der Waals surface area (Å²) in [5.41, 5.74) is 0. The molecule has 0 aromatic heterocycles. The Morgan fingerprint density at radius 3 is 2.87 bits per heavy atom. The van der Waals surface area contributed by atoms with Crippen LogP contribution >= 0.6 is 0 Å². The first kappa shape index (κ1) is 12.0. The summed E-state index contributed by atoms with van der Waals surface area (Å²) in [6, 6.07) is -0.797. The number of carboxylic acids is 1. The summed E-state index contributed by atoms with van der Waals surface area (Å²) in [5.74, 6) is -0.816. The molecule has 0 saturated carbocycles. The summed E-state index contributed by atoms with van der Waals surface area (Å²) in [6.07, 6.45) is 2.55. The van der Waals surface area contributed by atoms with Crippen molar-refractivity contribution in [2.24, 2.45) is 5.92 Å². The second-order valence-corrected chi connectivity index (χ2v) is 4.04. The van der Waals surface area contributed by atoms with Gasteiger partial charge in [0.1, 0.15) is 6.04 Å². The molecule has 1 aliphatic heterocycles. The van der Waals surface area contributed by atoms with Crippen LogP contribution in [0.2, 0.25) is 0 Å². The van der Waals surface area contributed by atoms with E-state index in [9.17, 15) is 9.59 Å². The summed E-state index contributed by atoms with van der Waals surface area (Å²) in [7, 11) is 0. The molecule has 1 fully saturated rings. The van der Waals surface area contributed by atoms with E-state index in [1.54, 1.807) is 0 Å². The van der Waals surface area contributed by atoms with Crippen molar-refractivity contribution in [3.8, 4) is 0 Å². The lowest BCUT2D eigenvalue weighted by Gasteiger charge is -2.22. The van der Waals surface area contributed by atoms with E-state index in [4.69, 9.17) is 5.11 Å². The largest absolute Gasteiger partial charge is 0.480 e. The number of rotatable bonds is 4. The van der Waals surface area contributed by atoms with Crippen LogP contribution in [0, 0.1) is 5.92 Å². The summed E-state index contributed by atoms with van der Waals surface area (Å²) < 4.78 is 0. The van der Waals surface area contributed by atoms with Gasteiger partial charge in [-0.15, -0.1) is 0 Å². The van der Waals surface area contributed by atoms with Crippen LogP contribution in [-0.2, 0) is 9.59 Å². The van der Waals surface area contributed by atoms with Crippen LogP contribution in [-0.4, -0.2) is 36.1 Å². The molecule has 0 bridgehead atoms. The lowest BCUT2D eigenvalue weighted by molar-refractivity contribution is -0.141. The molecule has 1 unspecified atom stereocenters. The number of hydrogen-bond acceptors (Lipinski definition) is 3. The summed E-state index contributed by atoms with van der Waals surface area (Å²) in [6.45, 7) is 3.35. The molecule has 0 aromatic rings. The van der Waals surface area contributed by atoms with Crippen LogP contribution in [0.4, 0.5) is 0 Å². The maximum atomic E-state index is 11.4. The van der Waals surface area contributed by atoms with Crippen LogP contribution < -0.4 is 10.6 Å². The van der Waals surface area contributed by atoms with Crippen molar-refractivity contribution < 1.29 is 14.7 Å². The zero-order valence-electron chi connectivity index (χ0n) is 8.95. The molecule has 3 N–H and O–H groups in total. The predicted molar refractivity (Wildman–Crippen MR) is 55.5 cm³/mol. The molecule has 15 heavy (non-hydrogen) atoms. The van der Waals surface area contributed by atoms with E-state index >= 15 is 0 Å². The molecule has 1 heterocycles. The van der Waals surface area contributed by atoms with Crippen LogP contribution in [0.15, 0.2) is 0 Å². The number of carbonyl (C=O) groups is 2. The molecule has 2 atom stereocenters. The predicted octanol–water partition coefficient (Wildman–Crippen LogP) is -0.0346. The second-order valence-electron chi connectivity index (χ2n) is 4.04. The minimum atomic E-state index is -0.995. The average Bonchev–Trinajstić information content (AvgIpc) is 2.18. The van der Waals surface area contributed by atoms with Crippen molar-refractivity contribution in [1.29, 1.82) is 0 Å². The van der Waals surface area contributed by atoms with E-state index < -0.39 is 12.0 Å². The van der Waals surface area contributed by atoms with Gasteiger partial charge in [0, 0.05) is 6.42 Å². The monoisotopic (exact) mass is 214 g/mol. The first-order valence-corrected chi connectivity index (χ1v) is 5.32. The van der Waals surface area contributed by atoms with Crippen LogP contribution in [0.5, 0.6) is 0 Å². The number of amides is 1. The number of carboxylic acid groups (broad SMARTS) is 1. The zero-order chi connectivity index (χ0) is 11.3. The number of nitrogens with one attached hydrogen (secondary N) is 2. The number of aliphatic carboxylic acids is 1. The topological polar surface area (TPSA) is 78.4 Å². The fourth-order valence-electron chi connectivity index (χ4n) is 1.72. The van der Waals surface area contributed by atoms with Gasteiger partial charge < -0.3 is 15.7 Å². The molecular weight excluding hydrogens is 196 g/mol. The van der Waals surface area contributed by atoms with Gasteiger partial charge in [-0.25, -0.2) is 0 Å². The molecule has 0 aromatic carbocycles. The van der Waals surface area contributed by atoms with E-state index in [1.807, 2.05) is 0 Å². The van der Waals surface area contributed by atoms with Crippen molar-refractivity contribution >= 4 is 11.9 Å². The van der Waals surface area contributed by atoms with Gasteiger partial charge in [-0.1, -0.05) is 0 Å². The van der Waals surface area contributed by atoms with Crippen molar-refractivity contribution in [2.75, 3.05) is 13.1 Å². The van der Waals surface area contributed by atoms with Crippen LogP contribution in [0.3, 0.4) is 0 Å². The third-order valence-electron chi connectivity index (χ3n) is 2.62. The first-order valence-electron chi connectivity index (χ1n) is 5.32. The van der Waals surface area contributed by atoms with Gasteiger partial charge in [-0.2, -0.15) is 0 Å². The maximum Gasteiger partial charge on any atom is 0.325 e. The molecule has 5 heteroatoms. The minimum absolute atomic E-state index is 0.168. The third kappa shape index (κ3) is 4.29. The minimum Gasteiger partial charge on any atom is -0.480 e. The summed E-state index contributed by atoms with van der Waals surface area (Å²) in [5, 5.41) is 14.3. The Morgan fingerprint density at radius 2 is 2.33 bits per heavy atom. The van der Waals surface area contributed by atoms with E-state index in [2.05, 4.69) is 10.6 Å². The summed E-state index contributed by atoms with van der Waals surface area (Å²) in [4.78, 5) is 21.9. The SMILES string of the molecule is C[C@@H](NC(=O)CC1CCCNC1)C(=O)O. The third-order valence-corrected chi connectivity index (χ3v) is 2.62. The number of piperidine rings is 1. The number of hydrogen-bond donors (Lipinski definition) is 3. The highest BCUT2D eigenvalue weighted by molar-refractivity contribution is 5.83. The first-order chi connectivity index (χ1) is 7.09. The Bertz CT molecular complexity index is 237. The molecule has 5 nitrogen and oxygen atoms in total. The van der Waals surface area contributed by atoms with Crippen LogP contribution in [0.1, 0.15) is 26.2 Å². The molecule has 1 amide bonds. The lowest BCUT2D eigenvalue weighted by Crippen LogP contribution is -2.40. The zero-order valence-corrected chi connectivity index (χ0v) is 8.95. The Morgan fingerprint density at radius 1 is 1.60 bits per heavy atom. The maximum absolute atomic E-state index is 11.4. The van der Waals surface area contributed by atoms with Crippen molar-refractivity contribution in [2.45, 2.75) is 32.2 Å². The summed E-state index contributed by atoms with van der Waals surface area (Å²) >= 11 is 0. The highest BCUT2D eigenvalue weighted by Crippen LogP contribution is 2.13. The van der Waals surface area contributed by atoms with Gasteiger partial charge in [0.15, 0.2) is 0 Å². The molecule has 1 saturated heterocycles. The normalized spacial score (nSPS) is 23.1. The Kier molecular flexibility index (Phi) is 4.55. The van der Waals surface area contributed by atoms with Gasteiger partial charge >= 0.3 is 5.97 Å². The number of carbonyl (C=O) groups excluding carboxylic acids is 1. The molecule has 86 valence electrons. The van der Waals surface area contributed by atoms with E-state index in [0.29, 0.717) is 12.3 Å². The van der Waals surface area contributed by atoms with Gasteiger partial charge in [0.05, 0.1) is 0 Å². The van der Waals surface area contributed by atoms with E-state index in [0.717, 1.165) is 25.9 Å². The molecule has 0 spiro atoms. The Hall–Kier alpha value is -1.10.